The highest BCUT2D eigenvalue weighted by atomic mass is 16.5. The minimum Gasteiger partial charge on any atom is -0.364 e. The Labute approximate surface area is 212 Å². The molecule has 1 atom stereocenters. The number of nitrogens with one attached hydrogen (secondary N) is 2. The maximum Gasteiger partial charge on any atom is 0.257 e. The Morgan fingerprint density at radius 3 is 2.44 bits per heavy atom. The van der Waals surface area contributed by atoms with Crippen molar-refractivity contribution in [2.75, 3.05) is 5.32 Å². The van der Waals surface area contributed by atoms with Crippen LogP contribution in [0.15, 0.2) is 35.3 Å². The normalized spacial score (nSPS) is 19.1. The Hall–Kier alpha value is -3.49. The molecule has 2 N–H and O–H groups in total. The van der Waals surface area contributed by atoms with E-state index >= 15 is 0 Å². The first-order valence-corrected chi connectivity index (χ1v) is 12.6. The number of pyridine rings is 1. The zero-order valence-corrected chi connectivity index (χ0v) is 22.0. The van der Waals surface area contributed by atoms with Crippen molar-refractivity contribution in [2.24, 2.45) is 18.9 Å². The zero-order chi connectivity index (χ0) is 26.0. The molecule has 1 aliphatic rings. The summed E-state index contributed by atoms with van der Waals surface area (Å²) in [6.07, 6.45) is 8.70. The number of hydrogen-bond donors (Lipinski definition) is 2. The van der Waals surface area contributed by atoms with E-state index < -0.39 is 6.04 Å². The van der Waals surface area contributed by atoms with Crippen molar-refractivity contribution in [1.29, 1.82) is 0 Å². The van der Waals surface area contributed by atoms with Crippen LogP contribution in [0.2, 0.25) is 0 Å². The van der Waals surface area contributed by atoms with Crippen LogP contribution in [0, 0.1) is 18.8 Å². The van der Waals surface area contributed by atoms with Crippen molar-refractivity contribution >= 4 is 17.6 Å². The van der Waals surface area contributed by atoms with Crippen LogP contribution in [0.25, 0.3) is 11.3 Å². The summed E-state index contributed by atoms with van der Waals surface area (Å²) < 4.78 is 6.92. The second kappa shape index (κ2) is 10.2. The summed E-state index contributed by atoms with van der Waals surface area (Å²) in [6.45, 7) is 10.1. The van der Waals surface area contributed by atoms with Gasteiger partial charge in [-0.3, -0.25) is 14.3 Å². The van der Waals surface area contributed by atoms with Crippen LogP contribution in [0.4, 0.5) is 5.82 Å². The van der Waals surface area contributed by atoms with E-state index in [9.17, 15) is 9.59 Å². The van der Waals surface area contributed by atoms with Crippen LogP contribution in [0.3, 0.4) is 0 Å². The maximum absolute atomic E-state index is 13.5. The molecule has 3 aromatic heterocycles. The lowest BCUT2D eigenvalue weighted by Gasteiger charge is -2.32. The number of carbonyl (C=O) groups is 2. The first kappa shape index (κ1) is 25.6. The number of carbonyl (C=O) groups excluding carboxylic acids is 2. The van der Waals surface area contributed by atoms with Crippen LogP contribution in [-0.2, 0) is 17.3 Å². The van der Waals surface area contributed by atoms with Gasteiger partial charge in [0.1, 0.15) is 29.4 Å². The molecule has 0 aromatic carbocycles. The largest absolute Gasteiger partial charge is 0.364 e. The summed E-state index contributed by atoms with van der Waals surface area (Å²) in [5, 5.41) is 14.2. The van der Waals surface area contributed by atoms with Crippen molar-refractivity contribution in [2.45, 2.75) is 71.8 Å². The highest BCUT2D eigenvalue weighted by molar-refractivity contribution is 6.01. The Balaban J connectivity index is 1.53. The van der Waals surface area contributed by atoms with E-state index in [0.717, 1.165) is 42.5 Å². The molecule has 0 radical (unpaired) electrons. The average Bonchev–Trinajstić information content (AvgIpc) is 3.46. The molecule has 0 saturated heterocycles. The first-order valence-electron chi connectivity index (χ1n) is 12.6. The molecular weight excluding hydrogens is 456 g/mol. The summed E-state index contributed by atoms with van der Waals surface area (Å²) in [5.74, 6) is 0.478. The molecule has 4 rings (SSSR count). The van der Waals surface area contributed by atoms with Gasteiger partial charge in [-0.05, 0) is 49.3 Å². The number of rotatable bonds is 6. The van der Waals surface area contributed by atoms with Gasteiger partial charge in [-0.1, -0.05) is 45.7 Å². The number of aromatic nitrogens is 4. The van der Waals surface area contributed by atoms with E-state index in [1.54, 1.807) is 16.9 Å². The van der Waals surface area contributed by atoms with Gasteiger partial charge in [0.2, 0.25) is 5.91 Å². The van der Waals surface area contributed by atoms with Crippen LogP contribution >= 0.6 is 0 Å². The third-order valence-corrected chi connectivity index (χ3v) is 7.04. The Bertz CT molecular complexity index is 1190. The molecule has 36 heavy (non-hydrogen) atoms. The second-order valence-electron chi connectivity index (χ2n) is 11.0. The predicted molar refractivity (Wildman–Crippen MR) is 137 cm³/mol. The average molecular weight is 493 g/mol. The third kappa shape index (κ3) is 5.50. The number of hydrogen-bond acceptors (Lipinski definition) is 6. The van der Waals surface area contributed by atoms with Gasteiger partial charge in [-0.15, -0.1) is 0 Å². The van der Waals surface area contributed by atoms with Crippen molar-refractivity contribution < 1.29 is 14.1 Å². The fraction of sp³-hybridized carbons (Fsp3) is 0.519. The molecular formula is C27H36N6O3. The molecule has 3 heterocycles. The minimum absolute atomic E-state index is 0.0412. The van der Waals surface area contributed by atoms with Crippen molar-refractivity contribution in [3.63, 3.8) is 0 Å². The Kier molecular flexibility index (Phi) is 7.28. The second-order valence-corrected chi connectivity index (χ2v) is 11.0. The minimum atomic E-state index is -0.687. The van der Waals surface area contributed by atoms with E-state index in [1.165, 1.54) is 6.26 Å². The highest BCUT2D eigenvalue weighted by Crippen LogP contribution is 2.32. The summed E-state index contributed by atoms with van der Waals surface area (Å²) in [6, 6.07) is 3.00. The molecule has 1 aliphatic carbocycles. The molecule has 192 valence electrons. The number of aryl methyl sites for hydroxylation is 2. The van der Waals surface area contributed by atoms with Gasteiger partial charge < -0.3 is 15.2 Å². The number of nitrogens with zero attached hydrogens (tertiary/aromatic N) is 4. The summed E-state index contributed by atoms with van der Waals surface area (Å²) in [5.41, 5.74) is 3.51. The lowest BCUT2D eigenvalue weighted by molar-refractivity contribution is -0.119. The summed E-state index contributed by atoms with van der Waals surface area (Å²) in [4.78, 5) is 31.2. The fourth-order valence-corrected chi connectivity index (χ4v) is 4.95. The summed E-state index contributed by atoms with van der Waals surface area (Å²) >= 11 is 0. The quantitative estimate of drug-likeness (QED) is 0.518. The number of anilines is 1. The van der Waals surface area contributed by atoms with Gasteiger partial charge in [-0.2, -0.15) is 5.10 Å². The lowest BCUT2D eigenvalue weighted by Crippen LogP contribution is -2.49. The monoisotopic (exact) mass is 492 g/mol. The molecule has 0 bridgehead atoms. The molecule has 0 aliphatic heterocycles. The van der Waals surface area contributed by atoms with Crippen LogP contribution < -0.4 is 10.6 Å². The predicted octanol–water partition coefficient (Wildman–Crippen LogP) is 4.64. The van der Waals surface area contributed by atoms with Crippen molar-refractivity contribution in [1.82, 2.24) is 25.2 Å². The molecule has 2 amide bonds. The van der Waals surface area contributed by atoms with Gasteiger partial charge in [0.05, 0.1) is 11.9 Å². The SMILES string of the molecule is Cc1cnn(C)c1-c1ccc(NC(=O)[C@@H](NC(=O)c2conc2C(C)(C)C)[C@H]2CC[C@H](C)CC2)nc1. The maximum atomic E-state index is 13.5. The molecule has 9 nitrogen and oxygen atoms in total. The molecule has 9 heteroatoms. The Morgan fingerprint density at radius 2 is 1.86 bits per heavy atom. The molecule has 0 spiro atoms. The Morgan fingerprint density at radius 1 is 1.14 bits per heavy atom. The van der Waals surface area contributed by atoms with E-state index in [1.807, 2.05) is 47.0 Å². The number of amides is 2. The van der Waals surface area contributed by atoms with Crippen molar-refractivity contribution in [3.8, 4) is 11.3 Å². The molecule has 3 aromatic rings. The van der Waals surface area contributed by atoms with E-state index in [-0.39, 0.29) is 23.1 Å². The van der Waals surface area contributed by atoms with Crippen LogP contribution in [0.1, 0.15) is 75.0 Å². The van der Waals surface area contributed by atoms with Gasteiger partial charge in [-0.25, -0.2) is 4.98 Å². The first-order chi connectivity index (χ1) is 17.0. The molecule has 0 unspecified atom stereocenters. The third-order valence-electron chi connectivity index (χ3n) is 7.04. The van der Waals surface area contributed by atoms with Gasteiger partial charge in [0.25, 0.3) is 5.91 Å². The lowest BCUT2D eigenvalue weighted by atomic mass is 9.79. The summed E-state index contributed by atoms with van der Waals surface area (Å²) in [7, 11) is 1.89. The molecule has 1 fully saturated rings. The van der Waals surface area contributed by atoms with E-state index in [0.29, 0.717) is 23.0 Å². The van der Waals surface area contributed by atoms with Crippen molar-refractivity contribution in [3.05, 3.63) is 47.6 Å². The van der Waals surface area contributed by atoms with Crippen LogP contribution in [0.5, 0.6) is 0 Å². The van der Waals surface area contributed by atoms with E-state index in [4.69, 9.17) is 4.52 Å². The van der Waals surface area contributed by atoms with Gasteiger partial charge in [0, 0.05) is 24.2 Å². The smallest absolute Gasteiger partial charge is 0.257 e. The molecule has 1 saturated carbocycles. The van der Waals surface area contributed by atoms with Gasteiger partial charge >= 0.3 is 0 Å². The highest BCUT2D eigenvalue weighted by Gasteiger charge is 2.35. The zero-order valence-electron chi connectivity index (χ0n) is 22.0. The fourth-order valence-electron chi connectivity index (χ4n) is 4.95. The van der Waals surface area contributed by atoms with E-state index in [2.05, 4.69) is 32.8 Å². The van der Waals surface area contributed by atoms with Crippen LogP contribution in [-0.4, -0.2) is 37.8 Å². The topological polar surface area (TPSA) is 115 Å². The van der Waals surface area contributed by atoms with Gasteiger partial charge in [0.15, 0.2) is 0 Å². The standard InChI is InChI=1S/C27H36N6O3/c1-16-7-9-18(10-8-16)22(31-25(34)20-15-36-32-24(20)27(3,4)5)26(35)30-21-12-11-19(14-28-21)23-17(2)13-29-33(23)6/h11-16,18,22H,7-10H2,1-6H3,(H,31,34)(H,28,30,35)/t16-,18-,22-/m0/s1.